The summed E-state index contributed by atoms with van der Waals surface area (Å²) in [6, 6.07) is 17.1. The second kappa shape index (κ2) is 7.84. The number of hydrogen-bond acceptors (Lipinski definition) is 3. The van der Waals surface area contributed by atoms with Crippen molar-refractivity contribution in [1.82, 2.24) is 4.57 Å². The molecule has 0 fully saturated rings. The van der Waals surface area contributed by atoms with E-state index in [1.165, 1.54) is 0 Å². The molecule has 4 aromatic rings. The van der Waals surface area contributed by atoms with Gasteiger partial charge in [0, 0.05) is 22.0 Å². The van der Waals surface area contributed by atoms with Crippen molar-refractivity contribution in [2.45, 2.75) is 13.5 Å². The Kier molecular flexibility index (Phi) is 5.22. The zero-order valence-corrected chi connectivity index (χ0v) is 17.8. The highest BCUT2D eigenvalue weighted by Gasteiger charge is 2.21. The maximum atomic E-state index is 12.2. The predicted molar refractivity (Wildman–Crippen MR) is 119 cm³/mol. The topological polar surface area (TPSA) is 94.6 Å². The van der Waals surface area contributed by atoms with E-state index in [0.29, 0.717) is 28.6 Å². The van der Waals surface area contributed by atoms with E-state index in [-0.39, 0.29) is 0 Å². The number of carboxylic acids is 1. The minimum atomic E-state index is -1.07. The molecular weight excluding hydrogens is 448 g/mol. The second-order valence-electron chi connectivity index (χ2n) is 7.08. The smallest absolute Gasteiger partial charge is 0.341 e. The van der Waals surface area contributed by atoms with Gasteiger partial charge in [-0.25, -0.2) is 4.79 Å². The van der Waals surface area contributed by atoms with E-state index in [1.54, 1.807) is 18.2 Å². The molecule has 30 heavy (non-hydrogen) atoms. The average molecular weight is 467 g/mol. The quantitative estimate of drug-likeness (QED) is 0.437. The third kappa shape index (κ3) is 3.52. The van der Waals surface area contributed by atoms with Gasteiger partial charge in [0.25, 0.3) is 0 Å². The first-order valence-electron chi connectivity index (χ1n) is 9.30. The third-order valence-corrected chi connectivity index (χ3v) is 5.78. The molecule has 3 aromatic carbocycles. The molecule has 1 heterocycles. The van der Waals surface area contributed by atoms with Gasteiger partial charge >= 0.3 is 5.97 Å². The van der Waals surface area contributed by atoms with Gasteiger partial charge in [0.1, 0.15) is 5.75 Å². The van der Waals surface area contributed by atoms with E-state index in [4.69, 9.17) is 15.6 Å². The number of nitrogens with two attached hydrogens (primary N) is 1. The van der Waals surface area contributed by atoms with Crippen LogP contribution in [0.4, 0.5) is 0 Å². The molecule has 0 spiro atoms. The molecule has 6 nitrogen and oxygen atoms in total. The molecule has 1 amide bonds. The Bertz CT molecular complexity index is 1310. The zero-order chi connectivity index (χ0) is 21.4. The minimum absolute atomic E-state index is 0.368. The van der Waals surface area contributed by atoms with E-state index in [9.17, 15) is 9.59 Å². The zero-order valence-electron chi connectivity index (χ0n) is 16.2. The van der Waals surface area contributed by atoms with Crippen LogP contribution in [0.1, 0.15) is 21.5 Å². The normalized spacial score (nSPS) is 11.1. The Morgan fingerprint density at radius 3 is 2.53 bits per heavy atom. The molecule has 0 atom stereocenters. The van der Waals surface area contributed by atoms with Crippen LogP contribution in [0.15, 0.2) is 59.1 Å². The Morgan fingerprint density at radius 1 is 1.07 bits per heavy atom. The Morgan fingerprint density at radius 2 is 1.83 bits per heavy atom. The SMILES string of the molecule is Cc1cc(OCC(=O)O)c2c3c(C(N)=O)cccc3n(Cc3ccccc3Br)c2c1. The molecule has 4 rings (SSSR count). The van der Waals surface area contributed by atoms with Gasteiger partial charge in [0.05, 0.1) is 16.4 Å². The summed E-state index contributed by atoms with van der Waals surface area (Å²) in [6.07, 6.45) is 0. The lowest BCUT2D eigenvalue weighted by atomic mass is 10.0. The van der Waals surface area contributed by atoms with Gasteiger partial charge in [-0.05, 0) is 48.4 Å². The number of benzene rings is 3. The van der Waals surface area contributed by atoms with Crippen molar-refractivity contribution >= 4 is 49.6 Å². The van der Waals surface area contributed by atoms with Gasteiger partial charge < -0.3 is 20.1 Å². The molecule has 1 aromatic heterocycles. The lowest BCUT2D eigenvalue weighted by Crippen LogP contribution is -2.11. The molecule has 0 saturated heterocycles. The van der Waals surface area contributed by atoms with E-state index in [2.05, 4.69) is 20.5 Å². The highest BCUT2D eigenvalue weighted by molar-refractivity contribution is 9.10. The summed E-state index contributed by atoms with van der Waals surface area (Å²) in [4.78, 5) is 23.3. The van der Waals surface area contributed by atoms with Gasteiger partial charge in [-0.15, -0.1) is 0 Å². The fraction of sp³-hybridized carbons (Fsp3) is 0.130. The van der Waals surface area contributed by atoms with Crippen LogP contribution in [0.5, 0.6) is 5.75 Å². The Balaban J connectivity index is 2.07. The Labute approximate surface area is 181 Å². The van der Waals surface area contributed by atoms with Crippen molar-refractivity contribution in [3.63, 3.8) is 0 Å². The molecule has 0 unspecified atom stereocenters. The summed E-state index contributed by atoms with van der Waals surface area (Å²) in [5.74, 6) is -1.21. The van der Waals surface area contributed by atoms with Gasteiger partial charge in [0.2, 0.25) is 5.91 Å². The number of aromatic nitrogens is 1. The number of carbonyl (C=O) groups is 2. The van der Waals surface area contributed by atoms with E-state index >= 15 is 0 Å². The number of primary amides is 1. The van der Waals surface area contributed by atoms with E-state index in [1.807, 2.05) is 43.3 Å². The molecule has 0 aliphatic carbocycles. The molecular formula is C23H19BrN2O4. The van der Waals surface area contributed by atoms with Gasteiger partial charge in [-0.1, -0.05) is 40.2 Å². The number of carbonyl (C=O) groups excluding carboxylic acids is 1. The number of amides is 1. The van der Waals surface area contributed by atoms with Crippen LogP contribution in [0.2, 0.25) is 0 Å². The third-order valence-electron chi connectivity index (χ3n) is 5.00. The number of aryl methyl sites for hydroxylation is 1. The summed E-state index contributed by atoms with van der Waals surface area (Å²) >= 11 is 3.60. The number of aliphatic carboxylic acids is 1. The van der Waals surface area contributed by atoms with Crippen LogP contribution < -0.4 is 10.5 Å². The van der Waals surface area contributed by atoms with Crippen LogP contribution >= 0.6 is 15.9 Å². The fourth-order valence-corrected chi connectivity index (χ4v) is 4.19. The Hall–Kier alpha value is -3.32. The van der Waals surface area contributed by atoms with Gasteiger partial charge in [0.15, 0.2) is 6.61 Å². The summed E-state index contributed by atoms with van der Waals surface area (Å²) < 4.78 is 8.69. The molecule has 0 bridgehead atoms. The van der Waals surface area contributed by atoms with Gasteiger partial charge in [-0.2, -0.15) is 0 Å². The lowest BCUT2D eigenvalue weighted by Gasteiger charge is -2.11. The highest BCUT2D eigenvalue weighted by Crippen LogP contribution is 2.39. The van der Waals surface area contributed by atoms with Crippen molar-refractivity contribution in [3.05, 3.63) is 75.8 Å². The summed E-state index contributed by atoms with van der Waals surface area (Å²) in [5, 5.41) is 10.4. The molecule has 0 aliphatic rings. The first-order chi connectivity index (χ1) is 14.4. The van der Waals surface area contributed by atoms with Crippen LogP contribution in [-0.2, 0) is 11.3 Å². The molecule has 0 radical (unpaired) electrons. The largest absolute Gasteiger partial charge is 0.481 e. The summed E-state index contributed by atoms with van der Waals surface area (Å²) in [6.45, 7) is 1.99. The number of carboxylic acid groups (broad SMARTS) is 1. The molecule has 3 N–H and O–H groups in total. The molecule has 0 aliphatic heterocycles. The number of hydrogen-bond donors (Lipinski definition) is 2. The van der Waals surface area contributed by atoms with Crippen molar-refractivity contribution < 1.29 is 19.4 Å². The standard InChI is InChI=1S/C23H19BrN2O4/c1-13-9-18-22(19(10-13)30-12-20(27)28)21-15(23(25)29)6-4-8-17(21)26(18)11-14-5-2-3-7-16(14)24/h2-10H,11-12H2,1H3,(H2,25,29)(H,27,28). The number of ether oxygens (including phenoxy) is 1. The maximum absolute atomic E-state index is 12.2. The van der Waals surface area contributed by atoms with Crippen molar-refractivity contribution in [2.24, 2.45) is 5.73 Å². The molecule has 152 valence electrons. The van der Waals surface area contributed by atoms with Crippen LogP contribution in [0.25, 0.3) is 21.8 Å². The minimum Gasteiger partial charge on any atom is -0.481 e. The van der Waals surface area contributed by atoms with E-state index < -0.39 is 18.5 Å². The highest BCUT2D eigenvalue weighted by atomic mass is 79.9. The number of fused-ring (bicyclic) bond motifs is 3. The number of nitrogens with zero attached hydrogens (tertiary/aromatic N) is 1. The van der Waals surface area contributed by atoms with Crippen LogP contribution in [0.3, 0.4) is 0 Å². The summed E-state index contributed by atoms with van der Waals surface area (Å²) in [5.41, 5.74) is 9.68. The first kappa shape index (κ1) is 20.0. The fourth-order valence-electron chi connectivity index (χ4n) is 3.78. The van der Waals surface area contributed by atoms with Crippen molar-refractivity contribution in [2.75, 3.05) is 6.61 Å². The first-order valence-corrected chi connectivity index (χ1v) is 10.1. The maximum Gasteiger partial charge on any atom is 0.341 e. The molecule has 0 saturated carbocycles. The molecule has 7 heteroatoms. The van der Waals surface area contributed by atoms with Crippen molar-refractivity contribution in [1.29, 1.82) is 0 Å². The number of halogens is 1. The predicted octanol–water partition coefficient (Wildman–Crippen LogP) is 4.48. The second-order valence-corrected chi connectivity index (χ2v) is 7.94. The summed E-state index contributed by atoms with van der Waals surface area (Å²) in [7, 11) is 0. The monoisotopic (exact) mass is 466 g/mol. The lowest BCUT2D eigenvalue weighted by molar-refractivity contribution is -0.139. The van der Waals surface area contributed by atoms with Crippen LogP contribution in [-0.4, -0.2) is 28.2 Å². The average Bonchev–Trinajstić information content (AvgIpc) is 3.01. The number of rotatable bonds is 6. The van der Waals surface area contributed by atoms with Gasteiger partial charge in [-0.3, -0.25) is 4.79 Å². The van der Waals surface area contributed by atoms with E-state index in [0.717, 1.165) is 26.6 Å². The van der Waals surface area contributed by atoms with Crippen LogP contribution in [0, 0.1) is 6.92 Å². The van der Waals surface area contributed by atoms with Crippen molar-refractivity contribution in [3.8, 4) is 5.75 Å².